The van der Waals surface area contributed by atoms with Crippen molar-refractivity contribution in [2.75, 3.05) is 24.9 Å². The second-order valence-electron chi connectivity index (χ2n) is 2.45. The number of carbonyl (C=O) groups is 1. The van der Waals surface area contributed by atoms with E-state index in [0.29, 0.717) is 11.7 Å². The molecule has 0 aliphatic rings. The van der Waals surface area contributed by atoms with E-state index in [1.807, 2.05) is 23.5 Å². The molecular formula is C8H16O2S2. The van der Waals surface area contributed by atoms with Crippen molar-refractivity contribution in [1.29, 1.82) is 0 Å². The summed E-state index contributed by atoms with van der Waals surface area (Å²) in [6.07, 6.45) is 2.61. The maximum Gasteiger partial charge on any atom is 0.306 e. The van der Waals surface area contributed by atoms with Gasteiger partial charge < -0.3 is 4.74 Å². The fourth-order valence-electron chi connectivity index (χ4n) is 0.710. The molecule has 0 saturated heterocycles. The van der Waals surface area contributed by atoms with Crippen molar-refractivity contribution in [3.8, 4) is 0 Å². The van der Waals surface area contributed by atoms with E-state index in [9.17, 15) is 4.79 Å². The lowest BCUT2D eigenvalue weighted by Gasteiger charge is -2.08. The van der Waals surface area contributed by atoms with E-state index < -0.39 is 0 Å². The molecule has 4 heteroatoms. The zero-order valence-electron chi connectivity index (χ0n) is 7.83. The minimum absolute atomic E-state index is 0.112. The van der Waals surface area contributed by atoms with Crippen LogP contribution in [0.4, 0.5) is 0 Å². The first kappa shape index (κ1) is 12.2. The predicted molar refractivity (Wildman–Crippen MR) is 56.9 cm³/mol. The normalized spacial score (nSPS) is 12.6. The number of thioether (sulfide) groups is 2. The summed E-state index contributed by atoms with van der Waals surface area (Å²) in [7, 11) is 1.43. The molecule has 0 aromatic carbocycles. The molecule has 72 valence electrons. The molecule has 0 saturated carbocycles. The van der Waals surface area contributed by atoms with Crippen molar-refractivity contribution in [2.45, 2.75) is 18.6 Å². The van der Waals surface area contributed by atoms with Gasteiger partial charge in [0.25, 0.3) is 0 Å². The molecule has 0 amide bonds. The highest BCUT2D eigenvalue weighted by molar-refractivity contribution is 8.02. The minimum atomic E-state index is -0.112. The fraction of sp³-hybridized carbons (Fsp3) is 0.875. The lowest BCUT2D eigenvalue weighted by molar-refractivity contribution is -0.140. The Morgan fingerprint density at radius 2 is 2.17 bits per heavy atom. The van der Waals surface area contributed by atoms with E-state index in [2.05, 4.69) is 17.9 Å². The molecule has 0 aliphatic heterocycles. The Balaban J connectivity index is 3.32. The Morgan fingerprint density at radius 1 is 1.50 bits per heavy atom. The highest BCUT2D eigenvalue weighted by Gasteiger charge is 2.08. The maximum absolute atomic E-state index is 10.8. The molecule has 1 unspecified atom stereocenters. The zero-order chi connectivity index (χ0) is 9.40. The summed E-state index contributed by atoms with van der Waals surface area (Å²) in [4.78, 5) is 10.8. The fourth-order valence-corrected chi connectivity index (χ4v) is 2.42. The first-order valence-corrected chi connectivity index (χ1v) is 6.32. The van der Waals surface area contributed by atoms with Crippen LogP contribution in [0.25, 0.3) is 0 Å². The lowest BCUT2D eigenvalue weighted by Crippen LogP contribution is -2.09. The van der Waals surface area contributed by atoms with Gasteiger partial charge in [-0.1, -0.05) is 6.92 Å². The number of hydrogen-bond donors (Lipinski definition) is 0. The molecule has 0 N–H and O–H groups in total. The Bertz CT molecular complexity index is 128. The number of hydrogen-bond acceptors (Lipinski definition) is 4. The molecule has 0 aromatic heterocycles. The van der Waals surface area contributed by atoms with Crippen LogP contribution in [0, 0.1) is 0 Å². The predicted octanol–water partition coefficient (Wildman–Crippen LogP) is 2.03. The number of esters is 1. The van der Waals surface area contributed by atoms with Gasteiger partial charge in [0.1, 0.15) is 0 Å². The van der Waals surface area contributed by atoms with E-state index in [-0.39, 0.29) is 5.97 Å². The van der Waals surface area contributed by atoms with Gasteiger partial charge in [0, 0.05) is 16.8 Å². The summed E-state index contributed by atoms with van der Waals surface area (Å²) in [5, 5.41) is 0.379. The Morgan fingerprint density at radius 3 is 2.67 bits per heavy atom. The van der Waals surface area contributed by atoms with E-state index in [1.54, 1.807) is 0 Å². The minimum Gasteiger partial charge on any atom is -0.469 e. The first-order chi connectivity index (χ1) is 5.70. The van der Waals surface area contributed by atoms with Gasteiger partial charge in [-0.2, -0.15) is 23.5 Å². The Kier molecular flexibility index (Phi) is 7.91. The Labute approximate surface area is 82.8 Å². The SMILES string of the molecule is COC(=O)CC(C)SCCSC. The van der Waals surface area contributed by atoms with Crippen molar-refractivity contribution < 1.29 is 9.53 Å². The van der Waals surface area contributed by atoms with Crippen LogP contribution in [0.15, 0.2) is 0 Å². The molecule has 1 atom stereocenters. The van der Waals surface area contributed by atoms with Gasteiger partial charge in [-0.25, -0.2) is 0 Å². The van der Waals surface area contributed by atoms with Crippen molar-refractivity contribution in [3.05, 3.63) is 0 Å². The van der Waals surface area contributed by atoms with Gasteiger partial charge >= 0.3 is 5.97 Å². The van der Waals surface area contributed by atoms with Gasteiger partial charge in [-0.15, -0.1) is 0 Å². The van der Waals surface area contributed by atoms with E-state index in [4.69, 9.17) is 0 Å². The monoisotopic (exact) mass is 208 g/mol. The van der Waals surface area contributed by atoms with Crippen LogP contribution in [-0.2, 0) is 9.53 Å². The average Bonchev–Trinajstić information content (AvgIpc) is 2.05. The second kappa shape index (κ2) is 7.80. The second-order valence-corrected chi connectivity index (χ2v) is 4.99. The van der Waals surface area contributed by atoms with Gasteiger partial charge in [0.15, 0.2) is 0 Å². The molecule has 0 radical (unpaired) electrons. The molecule has 0 bridgehead atoms. The molecule has 0 aromatic rings. The smallest absolute Gasteiger partial charge is 0.306 e. The van der Waals surface area contributed by atoms with Crippen LogP contribution in [0.3, 0.4) is 0 Å². The summed E-state index contributed by atoms with van der Waals surface area (Å²) in [5.74, 6) is 2.15. The largest absolute Gasteiger partial charge is 0.469 e. The van der Waals surface area contributed by atoms with Crippen molar-refractivity contribution in [1.82, 2.24) is 0 Å². The molecule has 0 spiro atoms. The van der Waals surface area contributed by atoms with Crippen molar-refractivity contribution in [3.63, 3.8) is 0 Å². The standard InChI is InChI=1S/C8H16O2S2/c1-7(6-8(9)10-2)12-5-4-11-3/h7H,4-6H2,1-3H3. The third-order valence-corrected chi connectivity index (χ3v) is 3.42. The summed E-state index contributed by atoms with van der Waals surface area (Å²) in [6, 6.07) is 0. The molecule has 0 rings (SSSR count). The van der Waals surface area contributed by atoms with Crippen LogP contribution < -0.4 is 0 Å². The summed E-state index contributed by atoms with van der Waals surface area (Å²) >= 11 is 3.65. The van der Waals surface area contributed by atoms with Crippen LogP contribution in [0.5, 0.6) is 0 Å². The molecular weight excluding hydrogens is 192 g/mol. The van der Waals surface area contributed by atoms with Gasteiger partial charge in [-0.05, 0) is 6.26 Å². The van der Waals surface area contributed by atoms with E-state index in [0.717, 1.165) is 11.5 Å². The zero-order valence-corrected chi connectivity index (χ0v) is 9.46. The number of ether oxygens (including phenoxy) is 1. The maximum atomic E-state index is 10.8. The van der Waals surface area contributed by atoms with Gasteiger partial charge in [-0.3, -0.25) is 4.79 Å². The van der Waals surface area contributed by atoms with Gasteiger partial charge in [0.2, 0.25) is 0 Å². The van der Waals surface area contributed by atoms with E-state index >= 15 is 0 Å². The van der Waals surface area contributed by atoms with Crippen LogP contribution in [-0.4, -0.2) is 36.1 Å². The highest BCUT2D eigenvalue weighted by Crippen LogP contribution is 2.15. The number of methoxy groups -OCH3 is 1. The summed E-state index contributed by atoms with van der Waals surface area (Å²) in [6.45, 7) is 2.06. The first-order valence-electron chi connectivity index (χ1n) is 3.88. The summed E-state index contributed by atoms with van der Waals surface area (Å²) in [5.41, 5.74) is 0. The third-order valence-electron chi connectivity index (χ3n) is 1.37. The molecule has 2 nitrogen and oxygen atoms in total. The molecule has 0 fully saturated rings. The molecule has 0 heterocycles. The molecule has 0 aliphatic carbocycles. The lowest BCUT2D eigenvalue weighted by atomic mass is 10.3. The Hall–Kier alpha value is 0.170. The van der Waals surface area contributed by atoms with Crippen molar-refractivity contribution in [2.24, 2.45) is 0 Å². The van der Waals surface area contributed by atoms with E-state index in [1.165, 1.54) is 7.11 Å². The highest BCUT2D eigenvalue weighted by atomic mass is 32.2. The topological polar surface area (TPSA) is 26.3 Å². The van der Waals surface area contributed by atoms with Crippen molar-refractivity contribution >= 4 is 29.5 Å². The molecule has 12 heavy (non-hydrogen) atoms. The van der Waals surface area contributed by atoms with Crippen LogP contribution >= 0.6 is 23.5 Å². The number of carbonyl (C=O) groups excluding carboxylic acids is 1. The number of rotatable bonds is 6. The average molecular weight is 208 g/mol. The quantitative estimate of drug-likeness (QED) is 0.493. The third kappa shape index (κ3) is 6.85. The van der Waals surface area contributed by atoms with Gasteiger partial charge in [0.05, 0.1) is 13.5 Å². The summed E-state index contributed by atoms with van der Waals surface area (Å²) < 4.78 is 4.57. The van der Waals surface area contributed by atoms with Crippen LogP contribution in [0.2, 0.25) is 0 Å². The van der Waals surface area contributed by atoms with Crippen LogP contribution in [0.1, 0.15) is 13.3 Å².